The van der Waals surface area contributed by atoms with Crippen LogP contribution in [0.15, 0.2) is 6.33 Å². The summed E-state index contributed by atoms with van der Waals surface area (Å²) in [5, 5.41) is 13.1. The predicted molar refractivity (Wildman–Crippen MR) is 124 cm³/mol. The van der Waals surface area contributed by atoms with E-state index in [0.29, 0.717) is 12.3 Å². The van der Waals surface area contributed by atoms with Crippen LogP contribution in [0.5, 0.6) is 5.88 Å². The Bertz CT molecular complexity index is 1060. The lowest BCUT2D eigenvalue weighted by molar-refractivity contribution is -0.110. The molecule has 1 N–H and O–H groups in total. The molecule has 0 radical (unpaired) electrons. The molecule has 1 unspecified atom stereocenters. The zero-order chi connectivity index (χ0) is 23.6. The molecule has 0 spiro atoms. The highest BCUT2D eigenvalue weighted by Crippen LogP contribution is 2.48. The van der Waals surface area contributed by atoms with Gasteiger partial charge < -0.3 is 19.6 Å². The molecular weight excluding hydrogens is 440 g/mol. The SMILES string of the molecule is CC(C)(C)OC(=O)N[C@H]1CC[C@H](Oc2ncnc3sc4c(c23)[C@@H](CC(C#N)C=O)CC4)CC1. The number of hydrogen-bond donors (Lipinski definition) is 1. The zero-order valence-electron chi connectivity index (χ0n) is 19.3. The Morgan fingerprint density at radius 3 is 2.73 bits per heavy atom. The van der Waals surface area contributed by atoms with Crippen LogP contribution in [0.3, 0.4) is 0 Å². The van der Waals surface area contributed by atoms with Gasteiger partial charge in [-0.05, 0) is 77.2 Å². The minimum atomic E-state index is -0.599. The Balaban J connectivity index is 1.44. The minimum Gasteiger partial charge on any atom is -0.474 e. The zero-order valence-corrected chi connectivity index (χ0v) is 20.1. The van der Waals surface area contributed by atoms with Gasteiger partial charge in [0.05, 0.1) is 11.5 Å². The molecule has 4 rings (SSSR count). The Hall–Kier alpha value is -2.73. The lowest BCUT2D eigenvalue weighted by atomic mass is 9.91. The average Bonchev–Trinajstić information content (AvgIpc) is 3.31. The molecule has 1 amide bonds. The first-order valence-corrected chi connectivity index (χ1v) is 12.4. The lowest BCUT2D eigenvalue weighted by Gasteiger charge is -2.30. The van der Waals surface area contributed by atoms with Crippen LogP contribution < -0.4 is 10.1 Å². The van der Waals surface area contributed by atoms with Gasteiger partial charge in [-0.3, -0.25) is 0 Å². The number of alkyl carbamates (subject to hydrolysis) is 1. The van der Waals surface area contributed by atoms with E-state index in [-0.39, 0.29) is 24.2 Å². The van der Waals surface area contributed by atoms with E-state index in [9.17, 15) is 14.9 Å². The van der Waals surface area contributed by atoms with Crippen molar-refractivity contribution < 1.29 is 19.1 Å². The summed E-state index contributed by atoms with van der Waals surface area (Å²) < 4.78 is 11.7. The summed E-state index contributed by atoms with van der Waals surface area (Å²) in [5.41, 5.74) is 0.647. The highest BCUT2D eigenvalue weighted by Gasteiger charge is 2.33. The van der Waals surface area contributed by atoms with E-state index in [0.717, 1.165) is 60.6 Å². The average molecular weight is 471 g/mol. The quantitative estimate of drug-likeness (QED) is 0.610. The van der Waals surface area contributed by atoms with Gasteiger partial charge in [-0.15, -0.1) is 11.3 Å². The summed E-state index contributed by atoms with van der Waals surface area (Å²) in [4.78, 5) is 34.4. The maximum Gasteiger partial charge on any atom is 0.407 e. The molecule has 0 bridgehead atoms. The number of nitriles is 1. The first-order valence-electron chi connectivity index (χ1n) is 11.5. The number of amides is 1. The number of carbonyl (C=O) groups excluding carboxylic acids is 2. The van der Waals surface area contributed by atoms with Gasteiger partial charge in [-0.2, -0.15) is 5.26 Å². The van der Waals surface area contributed by atoms with Crippen molar-refractivity contribution in [1.29, 1.82) is 5.26 Å². The highest BCUT2D eigenvalue weighted by atomic mass is 32.1. The fourth-order valence-corrected chi connectivity index (χ4v) is 6.00. The normalized spacial score (nSPS) is 23.4. The van der Waals surface area contributed by atoms with Crippen LogP contribution in [0, 0.1) is 17.2 Å². The molecule has 9 heteroatoms. The van der Waals surface area contributed by atoms with Crippen molar-refractivity contribution in [3.8, 4) is 11.9 Å². The molecule has 2 aromatic rings. The largest absolute Gasteiger partial charge is 0.474 e. The molecule has 2 aliphatic rings. The van der Waals surface area contributed by atoms with Crippen molar-refractivity contribution in [2.24, 2.45) is 5.92 Å². The number of thiophene rings is 1. The van der Waals surface area contributed by atoms with Crippen LogP contribution >= 0.6 is 11.3 Å². The molecule has 2 heterocycles. The Kier molecular flexibility index (Phi) is 6.84. The number of carbonyl (C=O) groups is 2. The van der Waals surface area contributed by atoms with Gasteiger partial charge in [0.25, 0.3) is 0 Å². The molecule has 33 heavy (non-hydrogen) atoms. The van der Waals surface area contributed by atoms with Crippen molar-refractivity contribution in [3.63, 3.8) is 0 Å². The third kappa shape index (κ3) is 5.44. The second kappa shape index (κ2) is 9.64. The summed E-state index contributed by atoms with van der Waals surface area (Å²) in [5.74, 6) is 0.135. The van der Waals surface area contributed by atoms with Gasteiger partial charge in [-0.25, -0.2) is 14.8 Å². The Labute approximate surface area is 197 Å². The number of ether oxygens (including phenoxy) is 2. The van der Waals surface area contributed by atoms with Crippen LogP contribution in [-0.4, -0.2) is 40.1 Å². The number of aldehydes is 1. The lowest BCUT2D eigenvalue weighted by Crippen LogP contribution is -2.42. The smallest absolute Gasteiger partial charge is 0.407 e. The fraction of sp³-hybridized carbons (Fsp3) is 0.625. The van der Waals surface area contributed by atoms with E-state index in [4.69, 9.17) is 9.47 Å². The number of rotatable bonds is 6. The Morgan fingerprint density at radius 1 is 1.30 bits per heavy atom. The van der Waals surface area contributed by atoms with Crippen molar-refractivity contribution in [2.75, 3.05) is 0 Å². The van der Waals surface area contributed by atoms with E-state index in [1.807, 2.05) is 20.8 Å². The van der Waals surface area contributed by atoms with Crippen molar-refractivity contribution in [3.05, 3.63) is 16.8 Å². The van der Waals surface area contributed by atoms with Crippen LogP contribution in [0.25, 0.3) is 10.2 Å². The summed E-state index contributed by atoms with van der Waals surface area (Å²) >= 11 is 1.66. The van der Waals surface area contributed by atoms with Crippen LogP contribution in [0.1, 0.15) is 75.7 Å². The van der Waals surface area contributed by atoms with Gasteiger partial charge in [0.15, 0.2) is 0 Å². The first kappa shape index (κ1) is 23.4. The van der Waals surface area contributed by atoms with Crippen LogP contribution in [-0.2, 0) is 16.0 Å². The summed E-state index contributed by atoms with van der Waals surface area (Å²) in [6.45, 7) is 5.56. The first-order chi connectivity index (χ1) is 15.8. The molecule has 0 aromatic carbocycles. The third-order valence-corrected chi connectivity index (χ3v) is 7.41. The number of aromatic nitrogens is 2. The van der Waals surface area contributed by atoms with Crippen molar-refractivity contribution in [1.82, 2.24) is 15.3 Å². The van der Waals surface area contributed by atoms with E-state index >= 15 is 0 Å². The molecule has 0 aliphatic heterocycles. The summed E-state index contributed by atoms with van der Waals surface area (Å²) in [7, 11) is 0. The molecule has 2 aromatic heterocycles. The molecule has 176 valence electrons. The highest BCUT2D eigenvalue weighted by molar-refractivity contribution is 7.19. The van der Waals surface area contributed by atoms with Crippen LogP contribution in [0.2, 0.25) is 0 Å². The fourth-order valence-electron chi connectivity index (χ4n) is 4.77. The van der Waals surface area contributed by atoms with Crippen molar-refractivity contribution >= 4 is 33.9 Å². The molecule has 2 aliphatic carbocycles. The molecule has 1 saturated carbocycles. The van der Waals surface area contributed by atoms with E-state index in [2.05, 4.69) is 21.4 Å². The maximum absolute atomic E-state index is 12.1. The number of nitrogens with one attached hydrogen (secondary N) is 1. The topological polar surface area (TPSA) is 114 Å². The second-order valence-electron chi connectivity index (χ2n) is 9.88. The monoisotopic (exact) mass is 470 g/mol. The van der Waals surface area contributed by atoms with Gasteiger partial charge in [-0.1, -0.05) is 0 Å². The van der Waals surface area contributed by atoms with Gasteiger partial charge >= 0.3 is 6.09 Å². The Morgan fingerprint density at radius 2 is 2.06 bits per heavy atom. The van der Waals surface area contributed by atoms with E-state index < -0.39 is 11.5 Å². The van der Waals surface area contributed by atoms with Crippen molar-refractivity contribution in [2.45, 2.75) is 89.4 Å². The predicted octanol–water partition coefficient (Wildman–Crippen LogP) is 4.66. The van der Waals surface area contributed by atoms with E-state index in [1.165, 1.54) is 11.2 Å². The van der Waals surface area contributed by atoms with Gasteiger partial charge in [0.2, 0.25) is 5.88 Å². The molecular formula is C24H30N4O4S. The second-order valence-corrected chi connectivity index (χ2v) is 11.0. The van der Waals surface area contributed by atoms with E-state index in [1.54, 1.807) is 11.3 Å². The molecule has 2 atom stereocenters. The molecule has 1 fully saturated rings. The summed E-state index contributed by atoms with van der Waals surface area (Å²) in [6, 6.07) is 2.17. The minimum absolute atomic E-state index is 0.0111. The molecule has 0 saturated heterocycles. The number of nitrogens with zero attached hydrogens (tertiary/aromatic N) is 3. The van der Waals surface area contributed by atoms with Gasteiger partial charge in [0, 0.05) is 10.9 Å². The van der Waals surface area contributed by atoms with Gasteiger partial charge in [0.1, 0.15) is 35.1 Å². The third-order valence-electron chi connectivity index (χ3n) is 6.24. The molecule has 8 nitrogen and oxygen atoms in total. The number of hydrogen-bond acceptors (Lipinski definition) is 8. The standard InChI is InChI=1S/C24H30N4O4S/c1-24(2,3)32-23(30)28-16-5-7-17(8-6-16)31-21-20-19-15(10-14(11-25)12-29)4-9-18(19)33-22(20)27-13-26-21/h12-17H,4-10H2,1-3H3,(H,28,30)/t14?,15-,16-,17-/m1/s1. The summed E-state index contributed by atoms with van der Waals surface area (Å²) in [6.07, 6.45) is 7.53. The number of aryl methyl sites for hydroxylation is 1. The number of fused-ring (bicyclic) bond motifs is 3. The van der Waals surface area contributed by atoms with Crippen LogP contribution in [0.4, 0.5) is 4.79 Å². The maximum atomic E-state index is 12.1.